The van der Waals surface area contributed by atoms with Gasteiger partial charge in [0.2, 0.25) is 0 Å². The van der Waals surface area contributed by atoms with Crippen LogP contribution in [0.2, 0.25) is 0 Å². The molecule has 0 amide bonds. The Morgan fingerprint density at radius 3 is 2.60 bits per heavy atom. The molecule has 0 radical (unpaired) electrons. The molecule has 15 heavy (non-hydrogen) atoms. The first-order valence-corrected chi connectivity index (χ1v) is 6.11. The maximum absolute atomic E-state index is 4.37. The fourth-order valence-corrected chi connectivity index (χ4v) is 2.06. The van der Waals surface area contributed by atoms with Crippen molar-refractivity contribution in [3.05, 3.63) is 0 Å². The second-order valence-corrected chi connectivity index (χ2v) is 6.44. The van der Waals surface area contributed by atoms with E-state index < -0.39 is 0 Å². The quantitative estimate of drug-likeness (QED) is 0.628. The topological polar surface area (TPSA) is 27.6 Å². The van der Waals surface area contributed by atoms with Gasteiger partial charge in [-0.2, -0.15) is 11.8 Å². The van der Waals surface area contributed by atoms with E-state index in [9.17, 15) is 0 Å². The molecule has 1 heterocycles. The van der Waals surface area contributed by atoms with Crippen LogP contribution in [0.25, 0.3) is 0 Å². The average Bonchev–Trinajstić information content (AvgIpc) is 2.44. The van der Waals surface area contributed by atoms with Gasteiger partial charge in [0.1, 0.15) is 0 Å². The minimum Gasteiger partial charge on any atom is -0.355 e. The summed E-state index contributed by atoms with van der Waals surface area (Å²) in [7, 11) is 2.08. The van der Waals surface area contributed by atoms with Crippen molar-refractivity contribution < 1.29 is 0 Å². The molecule has 3 nitrogen and oxygen atoms in total. The molecular formula is C10H22IN3S. The summed E-state index contributed by atoms with van der Waals surface area (Å²) < 4.78 is 0.366. The van der Waals surface area contributed by atoms with Crippen LogP contribution in [-0.2, 0) is 0 Å². The first-order valence-electron chi connectivity index (χ1n) is 5.12. The van der Waals surface area contributed by atoms with Crippen molar-refractivity contribution in [3.63, 3.8) is 0 Å². The van der Waals surface area contributed by atoms with Crippen LogP contribution in [0.5, 0.6) is 0 Å². The average molecular weight is 343 g/mol. The second kappa shape index (κ2) is 6.83. The van der Waals surface area contributed by atoms with Crippen LogP contribution in [0.3, 0.4) is 0 Å². The highest BCUT2D eigenvalue weighted by Crippen LogP contribution is 2.21. The SMILES string of the molecule is CN1CCN=C1NCCSC(C)(C)C.I. The minimum absolute atomic E-state index is 0. The van der Waals surface area contributed by atoms with Crippen molar-refractivity contribution in [2.45, 2.75) is 25.5 Å². The van der Waals surface area contributed by atoms with Gasteiger partial charge in [0, 0.05) is 30.6 Å². The van der Waals surface area contributed by atoms with Crippen molar-refractivity contribution in [1.29, 1.82) is 0 Å². The van der Waals surface area contributed by atoms with E-state index >= 15 is 0 Å². The Labute approximate surface area is 114 Å². The van der Waals surface area contributed by atoms with Crippen LogP contribution in [0.4, 0.5) is 0 Å². The lowest BCUT2D eigenvalue weighted by Gasteiger charge is -2.19. The highest BCUT2D eigenvalue weighted by molar-refractivity contribution is 14.0. The summed E-state index contributed by atoms with van der Waals surface area (Å²) in [5.41, 5.74) is 0. The molecule has 0 unspecified atom stereocenters. The summed E-state index contributed by atoms with van der Waals surface area (Å²) >= 11 is 1.98. The summed E-state index contributed by atoms with van der Waals surface area (Å²) in [5, 5.41) is 3.36. The number of rotatable bonds is 3. The van der Waals surface area contributed by atoms with Crippen LogP contribution >= 0.6 is 35.7 Å². The molecule has 0 saturated carbocycles. The molecule has 1 rings (SSSR count). The number of thioether (sulfide) groups is 1. The molecule has 0 aromatic carbocycles. The largest absolute Gasteiger partial charge is 0.355 e. The molecule has 90 valence electrons. The second-order valence-electron chi connectivity index (χ2n) is 4.51. The fraction of sp³-hybridized carbons (Fsp3) is 0.900. The summed E-state index contributed by atoms with van der Waals surface area (Å²) in [4.78, 5) is 6.54. The van der Waals surface area contributed by atoms with Gasteiger partial charge in [0.25, 0.3) is 0 Å². The molecule has 0 aromatic rings. The lowest BCUT2D eigenvalue weighted by atomic mass is 10.3. The zero-order valence-electron chi connectivity index (χ0n) is 10.0. The van der Waals surface area contributed by atoms with E-state index in [2.05, 4.69) is 43.0 Å². The van der Waals surface area contributed by atoms with Gasteiger partial charge in [0.05, 0.1) is 6.54 Å². The van der Waals surface area contributed by atoms with E-state index in [1.807, 2.05) is 11.8 Å². The van der Waals surface area contributed by atoms with E-state index in [1.54, 1.807) is 0 Å². The first kappa shape index (κ1) is 15.3. The number of likely N-dealkylation sites (N-methyl/N-ethyl adjacent to an activating group) is 1. The number of aliphatic imine (C=N–C) groups is 1. The Hall–Kier alpha value is 0.350. The van der Waals surface area contributed by atoms with Gasteiger partial charge in [0.15, 0.2) is 5.96 Å². The monoisotopic (exact) mass is 343 g/mol. The Morgan fingerprint density at radius 2 is 2.13 bits per heavy atom. The van der Waals surface area contributed by atoms with Gasteiger partial charge in [-0.3, -0.25) is 4.99 Å². The Bertz CT molecular complexity index is 213. The van der Waals surface area contributed by atoms with Gasteiger partial charge in [-0.15, -0.1) is 24.0 Å². The maximum Gasteiger partial charge on any atom is 0.193 e. The summed E-state index contributed by atoms with van der Waals surface area (Å²) in [6, 6.07) is 0. The predicted octanol–water partition coefficient (Wildman–Crippen LogP) is 2.03. The Kier molecular flexibility index (Phi) is 6.99. The zero-order valence-corrected chi connectivity index (χ0v) is 13.2. The smallest absolute Gasteiger partial charge is 0.193 e. The number of halogens is 1. The molecule has 1 aliphatic rings. The predicted molar refractivity (Wildman–Crippen MR) is 80.6 cm³/mol. The third-order valence-electron chi connectivity index (χ3n) is 1.98. The normalized spacial score (nSPS) is 16.0. The van der Waals surface area contributed by atoms with Crippen LogP contribution < -0.4 is 5.32 Å². The summed E-state index contributed by atoms with van der Waals surface area (Å²) in [5.74, 6) is 2.19. The van der Waals surface area contributed by atoms with Gasteiger partial charge in [-0.1, -0.05) is 20.8 Å². The van der Waals surface area contributed by atoms with Crippen LogP contribution in [0, 0.1) is 0 Å². The van der Waals surface area contributed by atoms with Crippen molar-refractivity contribution in [2.75, 3.05) is 32.4 Å². The summed E-state index contributed by atoms with van der Waals surface area (Å²) in [6.45, 7) is 9.73. The van der Waals surface area contributed by atoms with E-state index in [1.165, 1.54) is 0 Å². The number of nitrogens with zero attached hydrogens (tertiary/aromatic N) is 2. The van der Waals surface area contributed by atoms with E-state index in [0.29, 0.717) is 4.75 Å². The van der Waals surface area contributed by atoms with Crippen LogP contribution in [-0.4, -0.2) is 48.0 Å². The molecule has 0 fully saturated rings. The van der Waals surface area contributed by atoms with Crippen molar-refractivity contribution in [2.24, 2.45) is 4.99 Å². The van der Waals surface area contributed by atoms with Gasteiger partial charge in [-0.05, 0) is 0 Å². The molecule has 0 atom stereocenters. The number of guanidine groups is 1. The van der Waals surface area contributed by atoms with Gasteiger partial charge < -0.3 is 10.2 Å². The molecule has 5 heteroatoms. The summed E-state index contributed by atoms with van der Waals surface area (Å²) in [6.07, 6.45) is 0. The number of nitrogens with one attached hydrogen (secondary N) is 1. The molecule has 1 N–H and O–H groups in total. The number of hydrogen-bond donors (Lipinski definition) is 1. The van der Waals surface area contributed by atoms with Crippen molar-refractivity contribution >= 4 is 41.7 Å². The fourth-order valence-electron chi connectivity index (χ4n) is 1.24. The van der Waals surface area contributed by atoms with E-state index in [0.717, 1.165) is 31.3 Å². The highest BCUT2D eigenvalue weighted by atomic mass is 127. The highest BCUT2D eigenvalue weighted by Gasteiger charge is 2.12. The Morgan fingerprint density at radius 1 is 1.47 bits per heavy atom. The van der Waals surface area contributed by atoms with Gasteiger partial charge in [-0.25, -0.2) is 0 Å². The maximum atomic E-state index is 4.37. The molecule has 0 spiro atoms. The first-order chi connectivity index (χ1) is 6.49. The molecule has 0 aromatic heterocycles. The molecule has 1 aliphatic heterocycles. The van der Waals surface area contributed by atoms with Crippen LogP contribution in [0.15, 0.2) is 4.99 Å². The van der Waals surface area contributed by atoms with Gasteiger partial charge >= 0.3 is 0 Å². The van der Waals surface area contributed by atoms with Crippen LogP contribution in [0.1, 0.15) is 20.8 Å². The van der Waals surface area contributed by atoms with E-state index in [-0.39, 0.29) is 24.0 Å². The standard InChI is InChI=1S/C10H21N3S.HI/c1-10(2,3)14-8-6-12-9-11-5-7-13(9)4;/h5-8H2,1-4H3,(H,11,12);1H. The third kappa shape index (κ3) is 6.50. The van der Waals surface area contributed by atoms with E-state index in [4.69, 9.17) is 0 Å². The Balaban J connectivity index is 0.00000196. The minimum atomic E-state index is 0. The number of hydrogen-bond acceptors (Lipinski definition) is 4. The lowest BCUT2D eigenvalue weighted by Crippen LogP contribution is -2.37. The molecule has 0 aliphatic carbocycles. The molecule has 0 saturated heterocycles. The van der Waals surface area contributed by atoms with Crippen molar-refractivity contribution in [3.8, 4) is 0 Å². The molecule has 0 bridgehead atoms. The zero-order chi connectivity index (χ0) is 10.6. The molecular weight excluding hydrogens is 321 g/mol. The lowest BCUT2D eigenvalue weighted by molar-refractivity contribution is 0.536. The van der Waals surface area contributed by atoms with Crippen molar-refractivity contribution in [1.82, 2.24) is 10.2 Å². The third-order valence-corrected chi connectivity index (χ3v) is 3.25.